The van der Waals surface area contributed by atoms with E-state index < -0.39 is 0 Å². The van der Waals surface area contributed by atoms with Crippen molar-refractivity contribution < 1.29 is 5.11 Å². The molecule has 96 valence electrons. The van der Waals surface area contributed by atoms with Crippen LogP contribution in [0, 0.1) is 0 Å². The molecule has 0 amide bonds. The third kappa shape index (κ3) is 1.86. The fraction of sp³-hybridized carbons (Fsp3) is 0.500. The molecule has 0 bridgehead atoms. The van der Waals surface area contributed by atoms with E-state index in [-0.39, 0.29) is 5.75 Å². The van der Waals surface area contributed by atoms with E-state index in [2.05, 4.69) is 23.7 Å². The van der Waals surface area contributed by atoms with Crippen molar-refractivity contribution in [1.82, 2.24) is 14.3 Å². The van der Waals surface area contributed by atoms with E-state index in [1.54, 1.807) is 12.3 Å². The van der Waals surface area contributed by atoms with Gasteiger partial charge in [-0.3, -0.25) is 4.90 Å². The molecule has 1 atom stereocenters. The fourth-order valence-electron chi connectivity index (χ4n) is 2.88. The Kier molecular flexibility index (Phi) is 2.74. The number of hydrogen-bond acceptors (Lipinski definition) is 3. The van der Waals surface area contributed by atoms with Gasteiger partial charge in [-0.15, -0.1) is 0 Å². The molecule has 0 aromatic carbocycles. The lowest BCUT2D eigenvalue weighted by Gasteiger charge is -2.26. The van der Waals surface area contributed by atoms with E-state index in [0.29, 0.717) is 12.1 Å². The predicted octanol–water partition coefficient (Wildman–Crippen LogP) is 2.59. The van der Waals surface area contributed by atoms with Gasteiger partial charge < -0.3 is 9.51 Å². The quantitative estimate of drug-likeness (QED) is 0.884. The zero-order chi connectivity index (χ0) is 12.7. The van der Waals surface area contributed by atoms with Gasteiger partial charge in [-0.1, -0.05) is 0 Å². The first-order valence-electron chi connectivity index (χ1n) is 6.58. The summed E-state index contributed by atoms with van der Waals surface area (Å²) in [6.45, 7) is 5.63. The molecule has 0 spiro atoms. The Morgan fingerprint density at radius 3 is 2.94 bits per heavy atom. The lowest BCUT2D eigenvalue weighted by molar-refractivity contribution is 0.202. The first kappa shape index (κ1) is 11.5. The second kappa shape index (κ2) is 4.28. The minimum Gasteiger partial charge on any atom is -0.506 e. The van der Waals surface area contributed by atoms with Gasteiger partial charge >= 0.3 is 0 Å². The highest BCUT2D eigenvalue weighted by Crippen LogP contribution is 2.33. The van der Waals surface area contributed by atoms with Gasteiger partial charge in [0.1, 0.15) is 11.4 Å². The average Bonchev–Trinajstić information content (AvgIpc) is 2.93. The number of likely N-dealkylation sites (tertiary alicyclic amines) is 1. The van der Waals surface area contributed by atoms with Gasteiger partial charge in [0.05, 0.1) is 17.9 Å². The van der Waals surface area contributed by atoms with Crippen molar-refractivity contribution >= 4 is 5.65 Å². The number of rotatable bonds is 2. The van der Waals surface area contributed by atoms with Crippen LogP contribution in [0.1, 0.15) is 38.4 Å². The Balaban J connectivity index is 1.98. The molecular weight excluding hydrogens is 226 g/mol. The first-order chi connectivity index (χ1) is 8.65. The summed E-state index contributed by atoms with van der Waals surface area (Å²) in [6, 6.07) is 4.51. The van der Waals surface area contributed by atoms with E-state index >= 15 is 0 Å². The van der Waals surface area contributed by atoms with Crippen LogP contribution in [0.15, 0.2) is 24.5 Å². The molecule has 1 N–H and O–H groups in total. The number of hydrogen-bond donors (Lipinski definition) is 1. The standard InChI is InChI=1S/C14H19N3O/c1-10(2)17-7-3-4-13(17)12-9-16-8-11(18)5-6-14(16)15-12/h5-6,8-10,13,18H,3-4,7H2,1-2H3. The topological polar surface area (TPSA) is 40.8 Å². The molecule has 1 fully saturated rings. The molecule has 0 aliphatic carbocycles. The second-order valence-corrected chi connectivity index (χ2v) is 5.31. The van der Waals surface area contributed by atoms with Crippen LogP contribution in [-0.2, 0) is 0 Å². The minimum absolute atomic E-state index is 0.276. The van der Waals surface area contributed by atoms with Gasteiger partial charge in [0.2, 0.25) is 0 Å². The van der Waals surface area contributed by atoms with Crippen LogP contribution in [-0.4, -0.2) is 32.0 Å². The van der Waals surface area contributed by atoms with Crippen molar-refractivity contribution in [3.8, 4) is 5.75 Å². The van der Waals surface area contributed by atoms with Crippen LogP contribution in [0.25, 0.3) is 5.65 Å². The van der Waals surface area contributed by atoms with Crippen LogP contribution in [0.4, 0.5) is 0 Å². The van der Waals surface area contributed by atoms with Crippen molar-refractivity contribution in [3.63, 3.8) is 0 Å². The highest BCUT2D eigenvalue weighted by molar-refractivity contribution is 5.43. The SMILES string of the molecule is CC(C)N1CCCC1c1cn2cc(O)ccc2n1. The maximum Gasteiger partial charge on any atom is 0.137 e. The zero-order valence-corrected chi connectivity index (χ0v) is 10.9. The van der Waals surface area contributed by atoms with E-state index in [1.807, 2.05) is 16.7 Å². The van der Waals surface area contributed by atoms with Crippen LogP contribution < -0.4 is 0 Å². The molecule has 4 nitrogen and oxygen atoms in total. The van der Waals surface area contributed by atoms with Crippen LogP contribution >= 0.6 is 0 Å². The summed E-state index contributed by atoms with van der Waals surface area (Å²) in [5.74, 6) is 0.276. The Bertz CT molecular complexity index is 561. The molecule has 1 saturated heterocycles. The number of nitrogens with zero attached hydrogens (tertiary/aromatic N) is 3. The molecule has 0 saturated carbocycles. The molecule has 4 heteroatoms. The van der Waals surface area contributed by atoms with E-state index in [4.69, 9.17) is 0 Å². The smallest absolute Gasteiger partial charge is 0.137 e. The summed E-state index contributed by atoms with van der Waals surface area (Å²) in [7, 11) is 0. The van der Waals surface area contributed by atoms with E-state index in [1.165, 1.54) is 12.8 Å². The maximum atomic E-state index is 9.49. The van der Waals surface area contributed by atoms with Gasteiger partial charge in [0.25, 0.3) is 0 Å². The monoisotopic (exact) mass is 245 g/mol. The van der Waals surface area contributed by atoms with Crippen molar-refractivity contribution in [1.29, 1.82) is 0 Å². The molecule has 3 rings (SSSR count). The summed E-state index contributed by atoms with van der Waals surface area (Å²) in [5, 5.41) is 9.49. The third-order valence-corrected chi connectivity index (χ3v) is 3.75. The highest BCUT2D eigenvalue weighted by Gasteiger charge is 2.29. The van der Waals surface area contributed by atoms with Crippen molar-refractivity contribution in [2.24, 2.45) is 0 Å². The first-order valence-corrected chi connectivity index (χ1v) is 6.58. The molecule has 1 aliphatic heterocycles. The van der Waals surface area contributed by atoms with Gasteiger partial charge in [0, 0.05) is 12.2 Å². The van der Waals surface area contributed by atoms with Crippen molar-refractivity contribution in [3.05, 3.63) is 30.2 Å². The highest BCUT2D eigenvalue weighted by atomic mass is 16.3. The second-order valence-electron chi connectivity index (χ2n) is 5.31. The average molecular weight is 245 g/mol. The van der Waals surface area contributed by atoms with Crippen molar-refractivity contribution in [2.45, 2.75) is 38.8 Å². The molecule has 2 aromatic heterocycles. The van der Waals surface area contributed by atoms with Crippen LogP contribution in [0.3, 0.4) is 0 Å². The van der Waals surface area contributed by atoms with Crippen LogP contribution in [0.2, 0.25) is 0 Å². The summed E-state index contributed by atoms with van der Waals surface area (Å²) >= 11 is 0. The molecule has 0 radical (unpaired) electrons. The minimum atomic E-state index is 0.276. The zero-order valence-electron chi connectivity index (χ0n) is 10.9. The molecule has 1 aliphatic rings. The molecule has 2 aromatic rings. The van der Waals surface area contributed by atoms with Gasteiger partial charge in [-0.05, 0) is 45.4 Å². The lowest BCUT2D eigenvalue weighted by Crippen LogP contribution is -2.30. The molecule has 1 unspecified atom stereocenters. The Morgan fingerprint density at radius 1 is 1.33 bits per heavy atom. The Hall–Kier alpha value is -1.55. The predicted molar refractivity (Wildman–Crippen MR) is 70.7 cm³/mol. The lowest BCUT2D eigenvalue weighted by atomic mass is 10.1. The number of aromatic nitrogens is 2. The summed E-state index contributed by atoms with van der Waals surface area (Å²) in [6.07, 6.45) is 6.16. The van der Waals surface area contributed by atoms with E-state index in [9.17, 15) is 5.11 Å². The van der Waals surface area contributed by atoms with Gasteiger partial charge in [-0.25, -0.2) is 4.98 Å². The fourth-order valence-corrected chi connectivity index (χ4v) is 2.88. The van der Waals surface area contributed by atoms with Crippen molar-refractivity contribution in [2.75, 3.05) is 6.54 Å². The summed E-state index contributed by atoms with van der Waals surface area (Å²) in [5.41, 5.74) is 2.02. The number of fused-ring (bicyclic) bond motifs is 1. The Labute approximate surface area is 107 Å². The summed E-state index contributed by atoms with van der Waals surface area (Å²) in [4.78, 5) is 7.18. The number of pyridine rings is 1. The summed E-state index contributed by atoms with van der Waals surface area (Å²) < 4.78 is 1.90. The van der Waals surface area contributed by atoms with Crippen LogP contribution in [0.5, 0.6) is 5.75 Å². The molecule has 18 heavy (non-hydrogen) atoms. The normalized spacial score (nSPS) is 21.2. The Morgan fingerprint density at radius 2 is 2.17 bits per heavy atom. The molecule has 3 heterocycles. The largest absolute Gasteiger partial charge is 0.506 e. The molecular formula is C14H19N3O. The van der Waals surface area contributed by atoms with E-state index in [0.717, 1.165) is 17.9 Å². The van der Waals surface area contributed by atoms with Gasteiger partial charge in [-0.2, -0.15) is 0 Å². The third-order valence-electron chi connectivity index (χ3n) is 3.75. The van der Waals surface area contributed by atoms with Gasteiger partial charge in [0.15, 0.2) is 0 Å². The number of aromatic hydroxyl groups is 1. The number of imidazole rings is 1. The maximum absolute atomic E-state index is 9.49.